The second-order valence-electron chi connectivity index (χ2n) is 5.29. The number of hydrogen-bond acceptors (Lipinski definition) is 5. The van der Waals surface area contributed by atoms with Gasteiger partial charge in [-0.3, -0.25) is 4.79 Å². The fourth-order valence-corrected chi connectivity index (χ4v) is 1.48. The molecule has 106 valence electrons. The average Bonchev–Trinajstić information content (AvgIpc) is 2.33. The summed E-state index contributed by atoms with van der Waals surface area (Å²) in [7, 11) is 0. The molecule has 1 aliphatic heterocycles. The largest absolute Gasteiger partial charge is 0.463 e. The van der Waals surface area contributed by atoms with Crippen LogP contribution in [-0.4, -0.2) is 44.8 Å². The van der Waals surface area contributed by atoms with E-state index in [1.54, 1.807) is 6.92 Å². The highest BCUT2D eigenvalue weighted by molar-refractivity contribution is 5.76. The fourth-order valence-electron chi connectivity index (χ4n) is 1.48. The normalized spacial score (nSPS) is 21.6. The first-order chi connectivity index (χ1) is 8.40. The highest BCUT2D eigenvalue weighted by atomic mass is 16.7. The summed E-state index contributed by atoms with van der Waals surface area (Å²) in [5, 5.41) is 0. The molecule has 1 saturated heterocycles. The Morgan fingerprint density at radius 2 is 1.72 bits per heavy atom. The van der Waals surface area contributed by atoms with Gasteiger partial charge >= 0.3 is 5.97 Å². The van der Waals surface area contributed by atoms with Gasteiger partial charge in [-0.25, -0.2) is 0 Å². The van der Waals surface area contributed by atoms with Crippen molar-refractivity contribution in [2.75, 3.05) is 33.0 Å². The van der Waals surface area contributed by atoms with E-state index in [1.807, 2.05) is 20.8 Å². The zero-order valence-electron chi connectivity index (χ0n) is 11.8. The van der Waals surface area contributed by atoms with Crippen molar-refractivity contribution in [3.63, 3.8) is 0 Å². The predicted octanol–water partition coefficient (Wildman–Crippen LogP) is 1.75. The maximum Gasteiger partial charge on any atom is 0.316 e. The van der Waals surface area contributed by atoms with E-state index in [9.17, 15) is 4.79 Å². The molecule has 0 aliphatic carbocycles. The summed E-state index contributed by atoms with van der Waals surface area (Å²) in [4.78, 5) is 11.9. The van der Waals surface area contributed by atoms with Gasteiger partial charge < -0.3 is 18.9 Å². The van der Waals surface area contributed by atoms with Crippen molar-refractivity contribution >= 4 is 5.97 Å². The summed E-state index contributed by atoms with van der Waals surface area (Å²) in [6, 6.07) is 0. The van der Waals surface area contributed by atoms with Gasteiger partial charge in [0, 0.05) is 6.61 Å². The third-order valence-electron chi connectivity index (χ3n) is 2.78. The van der Waals surface area contributed by atoms with Crippen LogP contribution in [0.2, 0.25) is 0 Å². The Labute approximate surface area is 109 Å². The van der Waals surface area contributed by atoms with Gasteiger partial charge in [0.05, 0.1) is 19.8 Å². The van der Waals surface area contributed by atoms with E-state index in [-0.39, 0.29) is 12.6 Å². The summed E-state index contributed by atoms with van der Waals surface area (Å²) >= 11 is 0. The Balaban J connectivity index is 2.28. The van der Waals surface area contributed by atoms with Crippen LogP contribution in [0.1, 0.15) is 34.1 Å². The molecular formula is C13H24O5. The second kappa shape index (κ2) is 6.50. The van der Waals surface area contributed by atoms with Crippen molar-refractivity contribution in [3.8, 4) is 0 Å². The van der Waals surface area contributed by atoms with Crippen LogP contribution in [0.25, 0.3) is 0 Å². The molecular weight excluding hydrogens is 236 g/mol. The van der Waals surface area contributed by atoms with E-state index in [0.29, 0.717) is 26.4 Å². The summed E-state index contributed by atoms with van der Waals surface area (Å²) in [6.45, 7) is 9.51. The molecule has 0 N–H and O–H groups in total. The minimum atomic E-state index is -0.722. The monoisotopic (exact) mass is 260 g/mol. The van der Waals surface area contributed by atoms with Gasteiger partial charge in [0.1, 0.15) is 12.0 Å². The molecule has 0 aromatic carbocycles. The van der Waals surface area contributed by atoms with Gasteiger partial charge in [0.2, 0.25) is 0 Å². The van der Waals surface area contributed by atoms with Crippen LogP contribution in [0.4, 0.5) is 0 Å². The van der Waals surface area contributed by atoms with Crippen LogP contribution < -0.4 is 0 Å². The van der Waals surface area contributed by atoms with E-state index in [2.05, 4.69) is 0 Å². The van der Waals surface area contributed by atoms with Gasteiger partial charge in [0.15, 0.2) is 5.79 Å². The first kappa shape index (κ1) is 15.4. The van der Waals surface area contributed by atoms with E-state index < -0.39 is 11.2 Å². The van der Waals surface area contributed by atoms with Crippen molar-refractivity contribution in [2.24, 2.45) is 5.41 Å². The topological polar surface area (TPSA) is 54.0 Å². The minimum absolute atomic E-state index is 0.276. The number of hydrogen-bond donors (Lipinski definition) is 0. The third kappa shape index (κ3) is 4.55. The van der Waals surface area contributed by atoms with Crippen LogP contribution in [0.5, 0.6) is 0 Å². The molecule has 5 heteroatoms. The molecule has 0 spiro atoms. The van der Waals surface area contributed by atoms with Crippen LogP contribution in [0, 0.1) is 5.41 Å². The molecule has 5 nitrogen and oxygen atoms in total. The SMILES string of the molecule is CCCOCCOC(=O)C1(C)COC(C)(C)OC1. The average molecular weight is 260 g/mol. The zero-order chi connectivity index (χ0) is 13.6. The smallest absolute Gasteiger partial charge is 0.316 e. The molecule has 1 rings (SSSR count). The number of ether oxygens (including phenoxy) is 4. The fraction of sp³-hybridized carbons (Fsp3) is 0.923. The van der Waals surface area contributed by atoms with Crippen molar-refractivity contribution in [1.29, 1.82) is 0 Å². The summed E-state index contributed by atoms with van der Waals surface area (Å²) in [5.74, 6) is -0.914. The molecule has 1 aliphatic rings. The Morgan fingerprint density at radius 3 is 2.28 bits per heavy atom. The molecule has 0 aromatic heterocycles. The molecule has 0 atom stereocenters. The van der Waals surface area contributed by atoms with Gasteiger partial charge in [-0.05, 0) is 27.2 Å². The highest BCUT2D eigenvalue weighted by Crippen LogP contribution is 2.30. The molecule has 0 saturated carbocycles. The van der Waals surface area contributed by atoms with E-state index in [1.165, 1.54) is 0 Å². The maximum absolute atomic E-state index is 11.9. The summed E-state index contributed by atoms with van der Waals surface area (Å²) < 4.78 is 21.4. The van der Waals surface area contributed by atoms with Crippen molar-refractivity contribution in [2.45, 2.75) is 39.9 Å². The van der Waals surface area contributed by atoms with E-state index in [0.717, 1.165) is 6.42 Å². The van der Waals surface area contributed by atoms with E-state index >= 15 is 0 Å². The second-order valence-corrected chi connectivity index (χ2v) is 5.29. The van der Waals surface area contributed by atoms with Crippen molar-refractivity contribution in [3.05, 3.63) is 0 Å². The Bertz CT molecular complexity index is 265. The molecule has 0 aromatic rings. The third-order valence-corrected chi connectivity index (χ3v) is 2.78. The number of rotatable bonds is 6. The summed E-state index contributed by atoms with van der Waals surface area (Å²) in [5.41, 5.74) is -0.722. The molecule has 0 radical (unpaired) electrons. The first-order valence-electron chi connectivity index (χ1n) is 6.42. The molecule has 0 bridgehead atoms. The lowest BCUT2D eigenvalue weighted by atomic mass is 9.92. The standard InChI is InChI=1S/C13H24O5/c1-5-6-15-7-8-16-11(14)13(4)9-17-12(2,3)18-10-13/h5-10H2,1-4H3. The lowest BCUT2D eigenvalue weighted by Gasteiger charge is -2.39. The molecule has 0 amide bonds. The maximum atomic E-state index is 11.9. The molecule has 1 fully saturated rings. The Hall–Kier alpha value is -0.650. The minimum Gasteiger partial charge on any atom is -0.463 e. The lowest BCUT2D eigenvalue weighted by molar-refractivity contribution is -0.281. The number of carbonyl (C=O) groups excluding carboxylic acids is 1. The van der Waals surface area contributed by atoms with Crippen LogP contribution >= 0.6 is 0 Å². The zero-order valence-corrected chi connectivity index (χ0v) is 11.8. The van der Waals surface area contributed by atoms with Gasteiger partial charge in [-0.2, -0.15) is 0 Å². The summed E-state index contributed by atoms with van der Waals surface area (Å²) in [6.07, 6.45) is 0.961. The van der Waals surface area contributed by atoms with Crippen LogP contribution in [0.3, 0.4) is 0 Å². The first-order valence-corrected chi connectivity index (χ1v) is 6.42. The number of carbonyl (C=O) groups is 1. The van der Waals surface area contributed by atoms with Crippen molar-refractivity contribution < 1.29 is 23.7 Å². The molecule has 18 heavy (non-hydrogen) atoms. The van der Waals surface area contributed by atoms with Crippen LogP contribution in [0.15, 0.2) is 0 Å². The predicted molar refractivity (Wildman–Crippen MR) is 66.2 cm³/mol. The Morgan fingerprint density at radius 1 is 1.11 bits per heavy atom. The lowest BCUT2D eigenvalue weighted by Crippen LogP contribution is -2.49. The molecule has 0 unspecified atom stereocenters. The number of esters is 1. The quantitative estimate of drug-likeness (QED) is 0.538. The van der Waals surface area contributed by atoms with Crippen molar-refractivity contribution in [1.82, 2.24) is 0 Å². The van der Waals surface area contributed by atoms with Gasteiger partial charge in [-0.15, -0.1) is 0 Å². The van der Waals surface area contributed by atoms with Gasteiger partial charge in [-0.1, -0.05) is 6.92 Å². The van der Waals surface area contributed by atoms with Gasteiger partial charge in [0.25, 0.3) is 0 Å². The molecule has 1 heterocycles. The highest BCUT2D eigenvalue weighted by Gasteiger charge is 2.43. The van der Waals surface area contributed by atoms with Crippen LogP contribution in [-0.2, 0) is 23.7 Å². The van der Waals surface area contributed by atoms with E-state index in [4.69, 9.17) is 18.9 Å². The Kier molecular flexibility index (Phi) is 5.56.